The van der Waals surface area contributed by atoms with Gasteiger partial charge in [-0.2, -0.15) is 0 Å². The predicted octanol–water partition coefficient (Wildman–Crippen LogP) is 2.30. The van der Waals surface area contributed by atoms with Crippen LogP contribution in [0.15, 0.2) is 18.2 Å². The first-order valence-electron chi connectivity index (χ1n) is 11.2. The molecule has 0 unspecified atom stereocenters. The summed E-state index contributed by atoms with van der Waals surface area (Å²) in [5.74, 6) is 1.76. The molecule has 6 rings (SSSR count). The van der Waals surface area contributed by atoms with Gasteiger partial charge in [0.1, 0.15) is 17.0 Å². The Morgan fingerprint density at radius 1 is 1.17 bits per heavy atom. The molecule has 30 heavy (non-hydrogen) atoms. The number of hydrogen-bond acceptors (Lipinski definition) is 4. The lowest BCUT2D eigenvalue weighted by atomic mass is 9.49. The van der Waals surface area contributed by atoms with Gasteiger partial charge in [0.25, 0.3) is 11.8 Å². The van der Waals surface area contributed by atoms with E-state index in [1.807, 2.05) is 0 Å². The Morgan fingerprint density at radius 2 is 1.83 bits per heavy atom. The van der Waals surface area contributed by atoms with E-state index in [-0.39, 0.29) is 23.6 Å². The van der Waals surface area contributed by atoms with Crippen LogP contribution in [0.25, 0.3) is 5.65 Å². The molecule has 0 spiro atoms. The molecule has 4 bridgehead atoms. The van der Waals surface area contributed by atoms with Crippen LogP contribution >= 0.6 is 0 Å². The van der Waals surface area contributed by atoms with Crippen molar-refractivity contribution < 1.29 is 14.7 Å². The Labute approximate surface area is 176 Å². The van der Waals surface area contributed by atoms with Crippen LogP contribution in [0, 0.1) is 23.2 Å². The van der Waals surface area contributed by atoms with Crippen molar-refractivity contribution in [3.05, 3.63) is 35.3 Å². The lowest BCUT2D eigenvalue weighted by molar-refractivity contribution is -0.0503. The third-order valence-corrected chi connectivity index (χ3v) is 7.57. The van der Waals surface area contributed by atoms with Gasteiger partial charge in [0.2, 0.25) is 0 Å². The van der Waals surface area contributed by atoms with Crippen molar-refractivity contribution in [1.29, 1.82) is 0 Å². The Kier molecular flexibility index (Phi) is 4.81. The molecule has 0 atom stereocenters. The minimum absolute atomic E-state index is 0.00812. The maximum atomic E-state index is 13.2. The van der Waals surface area contributed by atoms with Gasteiger partial charge in [0.05, 0.1) is 5.69 Å². The molecule has 2 aromatic rings. The molecule has 4 aliphatic rings. The number of aromatic nitrogens is 2. The van der Waals surface area contributed by atoms with Crippen molar-refractivity contribution in [2.75, 3.05) is 13.2 Å². The predicted molar refractivity (Wildman–Crippen MR) is 112 cm³/mol. The number of aliphatic hydroxyl groups excluding tert-OH is 1. The van der Waals surface area contributed by atoms with Crippen molar-refractivity contribution in [3.8, 4) is 0 Å². The summed E-state index contributed by atoms with van der Waals surface area (Å²) in [5, 5.41) is 12.5. The molecule has 0 aromatic carbocycles. The molecule has 0 saturated heterocycles. The summed E-state index contributed by atoms with van der Waals surface area (Å²) in [6.45, 7) is 0.709. The highest BCUT2D eigenvalue weighted by Gasteiger charge is 2.50. The van der Waals surface area contributed by atoms with E-state index in [0.29, 0.717) is 29.9 Å². The first-order chi connectivity index (χ1) is 14.5. The van der Waals surface area contributed by atoms with Gasteiger partial charge < -0.3 is 16.2 Å². The van der Waals surface area contributed by atoms with Crippen LogP contribution in [0.4, 0.5) is 0 Å². The number of fused-ring (bicyclic) bond motifs is 1. The van der Waals surface area contributed by atoms with E-state index < -0.39 is 5.91 Å². The smallest absolute Gasteiger partial charge is 0.269 e. The minimum atomic E-state index is -0.619. The lowest BCUT2D eigenvalue weighted by Gasteiger charge is -2.56. The normalized spacial score (nSPS) is 29.4. The number of aryl methyl sites for hydroxylation is 1. The number of pyridine rings is 1. The summed E-state index contributed by atoms with van der Waals surface area (Å²) in [4.78, 5) is 29.5. The summed E-state index contributed by atoms with van der Waals surface area (Å²) in [6.07, 6.45) is 8.75. The molecular formula is C23H30N4O3. The van der Waals surface area contributed by atoms with Gasteiger partial charge in [-0.25, -0.2) is 4.98 Å². The molecule has 0 radical (unpaired) electrons. The van der Waals surface area contributed by atoms with Crippen LogP contribution in [0.1, 0.15) is 71.6 Å². The van der Waals surface area contributed by atoms with Crippen LogP contribution in [-0.2, 0) is 6.42 Å². The maximum Gasteiger partial charge on any atom is 0.269 e. The number of aliphatic hydroxyl groups is 1. The average molecular weight is 411 g/mol. The molecule has 7 nitrogen and oxygen atoms in total. The number of nitrogens with one attached hydrogen (secondary N) is 1. The largest absolute Gasteiger partial charge is 0.396 e. The summed E-state index contributed by atoms with van der Waals surface area (Å²) in [5.41, 5.74) is 7.53. The fraction of sp³-hybridized carbons (Fsp3) is 0.609. The Morgan fingerprint density at radius 3 is 2.43 bits per heavy atom. The highest BCUT2D eigenvalue weighted by atomic mass is 16.3. The number of nitrogens with zero attached hydrogens (tertiary/aromatic N) is 2. The number of hydrogen-bond donors (Lipinski definition) is 3. The minimum Gasteiger partial charge on any atom is -0.396 e. The van der Waals surface area contributed by atoms with Crippen molar-refractivity contribution >= 4 is 17.5 Å². The van der Waals surface area contributed by atoms with Crippen LogP contribution in [0.2, 0.25) is 0 Å². The molecule has 160 valence electrons. The molecule has 0 aliphatic heterocycles. The highest BCUT2D eigenvalue weighted by Crippen LogP contribution is 2.59. The molecule has 4 aliphatic carbocycles. The monoisotopic (exact) mass is 410 g/mol. The third-order valence-electron chi connectivity index (χ3n) is 7.57. The summed E-state index contributed by atoms with van der Waals surface area (Å²) < 4.78 is 1.73. The molecule has 2 amide bonds. The molecule has 2 aromatic heterocycles. The zero-order chi connectivity index (χ0) is 20.9. The molecule has 4 saturated carbocycles. The van der Waals surface area contributed by atoms with E-state index in [0.717, 1.165) is 24.3 Å². The van der Waals surface area contributed by atoms with Crippen LogP contribution in [-0.4, -0.2) is 39.5 Å². The summed E-state index contributed by atoms with van der Waals surface area (Å²) in [6, 6.07) is 5.31. The van der Waals surface area contributed by atoms with Crippen LogP contribution in [0.3, 0.4) is 0 Å². The number of imidazole rings is 1. The Hall–Kier alpha value is -2.41. The SMILES string of the molecule is NC(=O)c1nc2cccc(C(=O)NCC34CC5CC(CC(C5)C3)C4)n2c1CCCO. The second-order valence-electron chi connectivity index (χ2n) is 9.80. The number of carbonyl (C=O) groups is 2. The van der Waals surface area contributed by atoms with E-state index in [9.17, 15) is 14.7 Å². The highest BCUT2D eigenvalue weighted by molar-refractivity contribution is 5.96. The van der Waals surface area contributed by atoms with Gasteiger partial charge in [-0.15, -0.1) is 0 Å². The number of amides is 2. The first-order valence-corrected chi connectivity index (χ1v) is 11.2. The van der Waals surface area contributed by atoms with Gasteiger partial charge in [0, 0.05) is 13.2 Å². The van der Waals surface area contributed by atoms with Crippen molar-refractivity contribution in [1.82, 2.24) is 14.7 Å². The lowest BCUT2D eigenvalue weighted by Crippen LogP contribution is -2.51. The average Bonchev–Trinajstić information content (AvgIpc) is 3.08. The van der Waals surface area contributed by atoms with E-state index in [1.54, 1.807) is 22.6 Å². The van der Waals surface area contributed by atoms with Gasteiger partial charge in [-0.3, -0.25) is 14.0 Å². The zero-order valence-electron chi connectivity index (χ0n) is 17.3. The quantitative estimate of drug-likeness (QED) is 0.650. The van der Waals surface area contributed by atoms with E-state index in [2.05, 4.69) is 10.3 Å². The summed E-state index contributed by atoms with van der Waals surface area (Å²) in [7, 11) is 0. The fourth-order valence-electron chi connectivity index (χ4n) is 6.87. The topological polar surface area (TPSA) is 110 Å². The first kappa shape index (κ1) is 19.5. The van der Waals surface area contributed by atoms with E-state index >= 15 is 0 Å². The number of nitrogens with two attached hydrogens (primary N) is 1. The fourth-order valence-corrected chi connectivity index (χ4v) is 6.87. The number of rotatable bonds is 7. The second-order valence-corrected chi connectivity index (χ2v) is 9.80. The van der Waals surface area contributed by atoms with E-state index in [1.165, 1.54) is 38.5 Å². The van der Waals surface area contributed by atoms with Crippen molar-refractivity contribution in [2.24, 2.45) is 28.9 Å². The van der Waals surface area contributed by atoms with Gasteiger partial charge in [-0.05, 0) is 86.7 Å². The van der Waals surface area contributed by atoms with Crippen molar-refractivity contribution in [3.63, 3.8) is 0 Å². The molecule has 4 fully saturated rings. The molecular weight excluding hydrogens is 380 g/mol. The Bertz CT molecular complexity index is 960. The molecule has 2 heterocycles. The van der Waals surface area contributed by atoms with Crippen molar-refractivity contribution in [2.45, 2.75) is 51.4 Å². The molecule has 4 N–H and O–H groups in total. The summed E-state index contributed by atoms with van der Waals surface area (Å²) >= 11 is 0. The van der Waals surface area contributed by atoms with Gasteiger partial charge in [0.15, 0.2) is 0 Å². The second kappa shape index (κ2) is 7.38. The maximum absolute atomic E-state index is 13.2. The Balaban J connectivity index is 1.41. The molecule has 7 heteroatoms. The van der Waals surface area contributed by atoms with Crippen LogP contribution in [0.5, 0.6) is 0 Å². The number of carbonyl (C=O) groups excluding carboxylic acids is 2. The zero-order valence-corrected chi connectivity index (χ0v) is 17.3. The van der Waals surface area contributed by atoms with Gasteiger partial charge >= 0.3 is 0 Å². The third kappa shape index (κ3) is 3.29. The standard InChI is InChI=1S/C23H30N4O3/c24-21(29)20-17(4-2-6-28)27-18(3-1-5-19(27)26-20)22(30)25-13-23-10-14-7-15(11-23)9-16(8-14)12-23/h1,3,5,14-16,28H,2,4,6-13H2,(H2,24,29)(H,25,30). The van der Waals surface area contributed by atoms with Gasteiger partial charge in [-0.1, -0.05) is 6.07 Å². The van der Waals surface area contributed by atoms with E-state index in [4.69, 9.17) is 5.73 Å². The number of primary amides is 1. The van der Waals surface area contributed by atoms with Crippen LogP contribution < -0.4 is 11.1 Å².